The van der Waals surface area contributed by atoms with Crippen LogP contribution in [0.3, 0.4) is 0 Å². The minimum atomic E-state index is -4.59. The maximum atomic E-state index is 11.4. The molecule has 5 nitrogen and oxygen atoms in total. The number of unbranched alkanes of at least 4 members (excludes halogenated alkanes) is 11. The molecule has 0 radical (unpaired) electrons. The van der Waals surface area contributed by atoms with Gasteiger partial charge in [-0.05, 0) is 12.8 Å². The van der Waals surface area contributed by atoms with E-state index in [4.69, 9.17) is 0 Å². The van der Waals surface area contributed by atoms with Gasteiger partial charge in [0, 0.05) is 0 Å². The van der Waals surface area contributed by atoms with Crippen LogP contribution in [-0.2, 0) is 14.9 Å². The molecule has 0 saturated heterocycles. The maximum absolute atomic E-state index is 11.4. The molecule has 2 N–H and O–H groups in total. The molecule has 0 fully saturated rings. The van der Waals surface area contributed by atoms with E-state index in [1.54, 1.807) is 0 Å². The summed E-state index contributed by atoms with van der Waals surface area (Å²) in [5.74, 6) is -1.45. The molecule has 0 aromatic rings. The first-order valence-corrected chi connectivity index (χ1v) is 11.0. The van der Waals surface area contributed by atoms with Gasteiger partial charge in [0.05, 0.1) is 0 Å². The van der Waals surface area contributed by atoms with E-state index in [2.05, 4.69) is 6.92 Å². The summed E-state index contributed by atoms with van der Waals surface area (Å²) < 4.78 is 30.1. The Morgan fingerprint density at radius 1 is 0.792 bits per heavy atom. The molecule has 0 heterocycles. The summed E-state index contributed by atoms with van der Waals surface area (Å²) in [5, 5.41) is 9.20. The van der Waals surface area contributed by atoms with Crippen molar-refractivity contribution in [1.82, 2.24) is 0 Å². The third kappa shape index (κ3) is 8.47. The van der Waals surface area contributed by atoms with Crippen LogP contribution in [0.2, 0.25) is 0 Å². The van der Waals surface area contributed by atoms with Crippen LogP contribution in [0.15, 0.2) is 0 Å². The summed E-state index contributed by atoms with van der Waals surface area (Å²) in [7, 11) is -4.59. The highest BCUT2D eigenvalue weighted by Gasteiger charge is 2.48. The molecule has 1 unspecified atom stereocenters. The Labute approximate surface area is 148 Å². The lowest BCUT2D eigenvalue weighted by molar-refractivity contribution is -0.140. The van der Waals surface area contributed by atoms with E-state index in [-0.39, 0.29) is 12.8 Å². The fourth-order valence-corrected chi connectivity index (χ4v) is 4.10. The Morgan fingerprint density at radius 3 is 1.46 bits per heavy atom. The Morgan fingerprint density at radius 2 is 1.17 bits per heavy atom. The molecule has 0 spiro atoms. The highest BCUT2D eigenvalue weighted by Crippen LogP contribution is 2.28. The van der Waals surface area contributed by atoms with Crippen LogP contribution in [0.25, 0.3) is 0 Å². The zero-order chi connectivity index (χ0) is 18.5. The van der Waals surface area contributed by atoms with E-state index < -0.39 is 20.8 Å². The molecule has 0 aliphatic heterocycles. The third-order valence-electron chi connectivity index (χ3n) is 4.89. The first-order chi connectivity index (χ1) is 11.3. The molecular weight excluding hydrogens is 328 g/mol. The summed E-state index contributed by atoms with van der Waals surface area (Å²) in [4.78, 5) is 11.3. The number of hydrogen-bond donors (Lipinski definition) is 2. The number of carboxylic acid groups (broad SMARTS) is 1. The van der Waals surface area contributed by atoms with Crippen LogP contribution < -0.4 is 0 Å². The largest absolute Gasteiger partial charge is 0.480 e. The van der Waals surface area contributed by atoms with Gasteiger partial charge in [-0.3, -0.25) is 9.35 Å². The second kappa shape index (κ2) is 12.7. The van der Waals surface area contributed by atoms with E-state index in [9.17, 15) is 22.9 Å². The van der Waals surface area contributed by atoms with Crippen molar-refractivity contribution in [3.05, 3.63) is 0 Å². The standard InChI is InChI=1S/C18H36O5S/c1-3-5-6-7-8-9-10-11-12-13-14-15-16-18(4-2,17(19)20)24(21,22)23/h3-16H2,1-2H3,(H,19,20)(H,21,22,23). The number of carbonyl (C=O) groups is 1. The van der Waals surface area contributed by atoms with Crippen molar-refractivity contribution in [2.75, 3.05) is 0 Å². The second-order valence-corrected chi connectivity index (χ2v) is 8.50. The summed E-state index contributed by atoms with van der Waals surface area (Å²) in [5.41, 5.74) is 0. The van der Waals surface area contributed by atoms with E-state index in [1.807, 2.05) is 0 Å². The second-order valence-electron chi connectivity index (χ2n) is 6.77. The topological polar surface area (TPSA) is 91.7 Å². The number of aliphatic carboxylic acids is 1. The zero-order valence-electron chi connectivity index (χ0n) is 15.4. The van der Waals surface area contributed by atoms with E-state index in [0.29, 0.717) is 6.42 Å². The van der Waals surface area contributed by atoms with E-state index >= 15 is 0 Å². The molecule has 0 aromatic heterocycles. The monoisotopic (exact) mass is 364 g/mol. The van der Waals surface area contributed by atoms with Gasteiger partial charge in [-0.1, -0.05) is 90.9 Å². The minimum absolute atomic E-state index is 0.0188. The molecule has 0 aromatic carbocycles. The first-order valence-electron chi connectivity index (χ1n) is 9.52. The Kier molecular flexibility index (Phi) is 12.4. The SMILES string of the molecule is CCCCCCCCCCCCCCC(CC)(C(=O)O)S(=O)(=O)O. The van der Waals surface area contributed by atoms with Crippen molar-refractivity contribution < 1.29 is 22.9 Å². The summed E-state index contributed by atoms with van der Waals surface area (Å²) in [6.45, 7) is 3.71. The molecule has 0 bridgehead atoms. The smallest absolute Gasteiger partial charge is 0.327 e. The first kappa shape index (κ1) is 23.4. The van der Waals surface area contributed by atoms with Crippen LogP contribution >= 0.6 is 0 Å². The van der Waals surface area contributed by atoms with Crippen molar-refractivity contribution in [1.29, 1.82) is 0 Å². The van der Waals surface area contributed by atoms with Crippen LogP contribution in [-0.4, -0.2) is 28.8 Å². The highest BCUT2D eigenvalue weighted by molar-refractivity contribution is 7.88. The van der Waals surface area contributed by atoms with Gasteiger partial charge in [-0.2, -0.15) is 8.42 Å². The van der Waals surface area contributed by atoms with Gasteiger partial charge in [0.2, 0.25) is 0 Å². The van der Waals surface area contributed by atoms with Crippen LogP contribution in [0.5, 0.6) is 0 Å². The molecule has 24 heavy (non-hydrogen) atoms. The van der Waals surface area contributed by atoms with Gasteiger partial charge in [-0.25, -0.2) is 0 Å². The van der Waals surface area contributed by atoms with Gasteiger partial charge in [0.15, 0.2) is 4.75 Å². The Bertz CT molecular complexity index is 433. The normalized spacial score (nSPS) is 14.5. The third-order valence-corrected chi connectivity index (χ3v) is 6.54. The molecule has 0 amide bonds. The zero-order valence-corrected chi connectivity index (χ0v) is 16.2. The predicted octanol–water partition coefficient (Wildman–Crippen LogP) is 5.20. The van der Waals surface area contributed by atoms with Crippen LogP contribution in [0.1, 0.15) is 104 Å². The molecule has 0 rings (SSSR count). The van der Waals surface area contributed by atoms with Crippen molar-refractivity contribution in [3.63, 3.8) is 0 Å². The maximum Gasteiger partial charge on any atom is 0.327 e. The summed E-state index contributed by atoms with van der Waals surface area (Å²) in [6, 6.07) is 0. The minimum Gasteiger partial charge on any atom is -0.480 e. The van der Waals surface area contributed by atoms with Gasteiger partial charge in [0.25, 0.3) is 10.1 Å². The summed E-state index contributed by atoms with van der Waals surface area (Å²) >= 11 is 0. The lowest BCUT2D eigenvalue weighted by atomic mass is 9.96. The van der Waals surface area contributed by atoms with Crippen molar-refractivity contribution in [2.45, 2.75) is 108 Å². The average Bonchev–Trinajstić information content (AvgIpc) is 2.50. The Balaban J connectivity index is 3.80. The molecule has 0 saturated carbocycles. The molecule has 0 aliphatic carbocycles. The molecule has 0 aliphatic rings. The molecule has 144 valence electrons. The van der Waals surface area contributed by atoms with Crippen molar-refractivity contribution in [2.24, 2.45) is 0 Å². The van der Waals surface area contributed by atoms with Gasteiger partial charge in [0.1, 0.15) is 0 Å². The lowest BCUT2D eigenvalue weighted by Gasteiger charge is -2.24. The predicted molar refractivity (Wildman–Crippen MR) is 97.9 cm³/mol. The Hall–Kier alpha value is -0.620. The summed E-state index contributed by atoms with van der Waals surface area (Å²) in [6.07, 6.45) is 13.6. The van der Waals surface area contributed by atoms with Gasteiger partial charge >= 0.3 is 5.97 Å². The van der Waals surface area contributed by atoms with E-state index in [1.165, 1.54) is 58.3 Å². The number of hydrogen-bond acceptors (Lipinski definition) is 3. The number of rotatable bonds is 16. The fourth-order valence-electron chi connectivity index (χ4n) is 3.11. The van der Waals surface area contributed by atoms with Crippen LogP contribution in [0, 0.1) is 0 Å². The van der Waals surface area contributed by atoms with Gasteiger partial charge in [-0.15, -0.1) is 0 Å². The lowest BCUT2D eigenvalue weighted by Crippen LogP contribution is -2.45. The van der Waals surface area contributed by atoms with Gasteiger partial charge < -0.3 is 5.11 Å². The molecular formula is C18H36O5S. The fraction of sp³-hybridized carbons (Fsp3) is 0.944. The van der Waals surface area contributed by atoms with E-state index in [0.717, 1.165) is 19.3 Å². The van der Waals surface area contributed by atoms with Crippen LogP contribution in [0.4, 0.5) is 0 Å². The molecule has 6 heteroatoms. The molecule has 1 atom stereocenters. The van der Waals surface area contributed by atoms with Crippen molar-refractivity contribution in [3.8, 4) is 0 Å². The number of carboxylic acids is 1. The highest BCUT2D eigenvalue weighted by atomic mass is 32.2. The average molecular weight is 365 g/mol. The van der Waals surface area contributed by atoms with Crippen molar-refractivity contribution >= 4 is 16.1 Å². The quantitative estimate of drug-likeness (QED) is 0.290.